The van der Waals surface area contributed by atoms with E-state index >= 15 is 0 Å². The number of rotatable bonds is 7. The third kappa shape index (κ3) is 4.25. The quantitative estimate of drug-likeness (QED) is 0.458. The van der Waals surface area contributed by atoms with Crippen LogP contribution in [-0.4, -0.2) is 16.8 Å². The van der Waals surface area contributed by atoms with E-state index in [-0.39, 0.29) is 17.5 Å². The van der Waals surface area contributed by atoms with Crippen LogP contribution in [0.2, 0.25) is 0 Å². The number of H-pyrrole nitrogens is 1. The molecule has 1 heterocycles. The first-order valence-electron chi connectivity index (χ1n) is 8.06. The largest absolute Gasteiger partial charge is 0.396 e. The van der Waals surface area contributed by atoms with E-state index in [1.54, 1.807) is 42.5 Å². The molecule has 2 aromatic carbocycles. The first-order chi connectivity index (χ1) is 13.5. The average Bonchev–Trinajstić information content (AvgIpc) is 2.68. The van der Waals surface area contributed by atoms with E-state index in [0.717, 1.165) is 0 Å². The van der Waals surface area contributed by atoms with Crippen molar-refractivity contribution in [1.29, 1.82) is 0 Å². The van der Waals surface area contributed by atoms with E-state index in [0.29, 0.717) is 22.5 Å². The summed E-state index contributed by atoms with van der Waals surface area (Å²) in [6, 6.07) is 12.9. The zero-order valence-electron chi connectivity index (χ0n) is 14.5. The van der Waals surface area contributed by atoms with E-state index in [4.69, 9.17) is 11.5 Å². The van der Waals surface area contributed by atoms with Gasteiger partial charge in [-0.25, -0.2) is 10.3 Å². The first-order valence-corrected chi connectivity index (χ1v) is 8.06. The highest BCUT2D eigenvalue weighted by Crippen LogP contribution is 2.26. The lowest BCUT2D eigenvalue weighted by atomic mass is 10.2. The summed E-state index contributed by atoms with van der Waals surface area (Å²) in [5, 5.41) is 8.82. The molecule has 3 aromatic rings. The van der Waals surface area contributed by atoms with Gasteiger partial charge >= 0.3 is 5.95 Å². The van der Waals surface area contributed by atoms with Crippen LogP contribution in [0.1, 0.15) is 20.7 Å². The maximum atomic E-state index is 11.3. The molecule has 0 spiro atoms. The standard InChI is InChI=1S/C18H15N7O3/c19-15(26)10-3-1-5-12(7-10)22-17-14(25-28)9-21-18(24-17)23-13-6-2-4-11(8-13)16(20)27/h1-9H,(H2,19,26)(H2,20,27)(H2,21,22,23,24)/p+1. The smallest absolute Gasteiger partial charge is 0.366 e. The van der Waals surface area contributed by atoms with Crippen molar-refractivity contribution in [3.8, 4) is 0 Å². The Balaban J connectivity index is 1.89. The molecule has 0 bridgehead atoms. The minimum atomic E-state index is -0.580. The molecule has 3 rings (SSSR count). The van der Waals surface area contributed by atoms with Gasteiger partial charge in [-0.2, -0.15) is 0 Å². The maximum Gasteiger partial charge on any atom is 0.396 e. The van der Waals surface area contributed by atoms with Gasteiger partial charge in [0.25, 0.3) is 0 Å². The lowest BCUT2D eigenvalue weighted by molar-refractivity contribution is -0.363. The minimum Gasteiger partial charge on any atom is -0.366 e. The number of amides is 2. The minimum absolute atomic E-state index is 0.0286. The van der Waals surface area contributed by atoms with Gasteiger partial charge in [-0.3, -0.25) is 9.59 Å². The molecule has 0 radical (unpaired) electrons. The summed E-state index contributed by atoms with van der Waals surface area (Å²) in [5.41, 5.74) is 12.3. The van der Waals surface area contributed by atoms with Crippen molar-refractivity contribution in [3.05, 3.63) is 70.8 Å². The van der Waals surface area contributed by atoms with E-state index in [1.807, 2.05) is 0 Å². The number of nitrogens with two attached hydrogens (primary N) is 2. The second-order valence-electron chi connectivity index (χ2n) is 5.71. The van der Waals surface area contributed by atoms with Crippen molar-refractivity contribution < 1.29 is 14.6 Å². The summed E-state index contributed by atoms with van der Waals surface area (Å²) in [5.74, 6) is -0.701. The number of carbonyl (C=O) groups excluding carboxylic acids is 2. The van der Waals surface area contributed by atoms with E-state index in [2.05, 4.69) is 25.8 Å². The lowest BCUT2D eigenvalue weighted by Crippen LogP contribution is -2.15. The Morgan fingerprint density at radius 1 is 0.929 bits per heavy atom. The fourth-order valence-electron chi connectivity index (χ4n) is 2.41. The zero-order valence-corrected chi connectivity index (χ0v) is 14.5. The van der Waals surface area contributed by atoms with Crippen molar-refractivity contribution >= 4 is 40.6 Å². The van der Waals surface area contributed by atoms with Crippen LogP contribution in [0.3, 0.4) is 0 Å². The Morgan fingerprint density at radius 2 is 1.50 bits per heavy atom. The molecule has 0 atom stereocenters. The van der Waals surface area contributed by atoms with Crippen molar-refractivity contribution in [2.75, 3.05) is 10.6 Å². The molecule has 10 heteroatoms. The predicted molar refractivity (Wildman–Crippen MR) is 103 cm³/mol. The molecule has 0 aliphatic heterocycles. The summed E-state index contributed by atoms with van der Waals surface area (Å²) in [6.45, 7) is 0. The fourth-order valence-corrected chi connectivity index (χ4v) is 2.41. The van der Waals surface area contributed by atoms with Crippen LogP contribution >= 0.6 is 0 Å². The summed E-state index contributed by atoms with van der Waals surface area (Å²) in [4.78, 5) is 40.8. The molecule has 10 nitrogen and oxygen atoms in total. The molecule has 0 fully saturated rings. The lowest BCUT2D eigenvalue weighted by Gasteiger charge is -2.06. The molecular formula is C18H16N7O3+. The topological polar surface area (TPSA) is 167 Å². The van der Waals surface area contributed by atoms with Crippen LogP contribution in [0.4, 0.5) is 28.8 Å². The summed E-state index contributed by atoms with van der Waals surface area (Å²) >= 11 is 0. The molecule has 0 unspecified atom stereocenters. The van der Waals surface area contributed by atoms with Gasteiger partial charge in [0.2, 0.25) is 17.6 Å². The van der Waals surface area contributed by atoms with Gasteiger partial charge in [-0.15, -0.1) is 4.91 Å². The zero-order chi connectivity index (χ0) is 20.1. The molecule has 0 saturated carbocycles. The van der Waals surface area contributed by atoms with Crippen LogP contribution in [0.5, 0.6) is 0 Å². The van der Waals surface area contributed by atoms with Crippen molar-refractivity contribution in [2.45, 2.75) is 0 Å². The highest BCUT2D eigenvalue weighted by Gasteiger charge is 2.16. The second-order valence-corrected chi connectivity index (χ2v) is 5.71. The Hall–Kier alpha value is -4.34. The van der Waals surface area contributed by atoms with Gasteiger partial charge < -0.3 is 16.8 Å². The first kappa shape index (κ1) is 18.5. The number of nitrogens with one attached hydrogen (secondary N) is 3. The summed E-state index contributed by atoms with van der Waals surface area (Å²) in [7, 11) is 0. The van der Waals surface area contributed by atoms with Gasteiger partial charge in [-0.05, 0) is 41.6 Å². The number of hydrogen-bond donors (Lipinski definition) is 4. The Bertz CT molecular complexity index is 1070. The third-order valence-corrected chi connectivity index (χ3v) is 3.73. The van der Waals surface area contributed by atoms with Crippen molar-refractivity contribution in [1.82, 2.24) is 4.98 Å². The van der Waals surface area contributed by atoms with Gasteiger partial charge in [-0.1, -0.05) is 17.1 Å². The van der Waals surface area contributed by atoms with Gasteiger partial charge in [0.05, 0.1) is 11.9 Å². The van der Waals surface area contributed by atoms with Gasteiger partial charge in [0.1, 0.15) is 0 Å². The highest BCUT2D eigenvalue weighted by atomic mass is 16.3. The summed E-state index contributed by atoms with van der Waals surface area (Å²) in [6.07, 6.45) is 1.36. The molecule has 0 aliphatic carbocycles. The molecule has 28 heavy (non-hydrogen) atoms. The second kappa shape index (κ2) is 7.91. The van der Waals surface area contributed by atoms with Crippen LogP contribution in [0.15, 0.2) is 59.9 Å². The van der Waals surface area contributed by atoms with Crippen LogP contribution < -0.4 is 27.1 Å². The Kier molecular flexibility index (Phi) is 5.21. The number of primary amides is 2. The molecule has 0 aliphatic rings. The Morgan fingerprint density at radius 3 is 2.04 bits per heavy atom. The van der Waals surface area contributed by atoms with Gasteiger partial charge in [0, 0.05) is 16.8 Å². The Labute approximate surface area is 159 Å². The number of carbonyl (C=O) groups is 2. The number of aromatic nitrogens is 2. The molecule has 140 valence electrons. The number of anilines is 4. The van der Waals surface area contributed by atoms with Crippen LogP contribution in [0, 0.1) is 4.91 Å². The maximum absolute atomic E-state index is 11.3. The van der Waals surface area contributed by atoms with E-state index in [9.17, 15) is 14.5 Å². The highest BCUT2D eigenvalue weighted by molar-refractivity contribution is 5.94. The van der Waals surface area contributed by atoms with Crippen LogP contribution in [0.25, 0.3) is 0 Å². The van der Waals surface area contributed by atoms with E-state index in [1.165, 1.54) is 12.3 Å². The van der Waals surface area contributed by atoms with Gasteiger partial charge in [0.15, 0.2) is 5.69 Å². The van der Waals surface area contributed by atoms with Crippen molar-refractivity contribution in [2.24, 2.45) is 16.6 Å². The normalized spacial score (nSPS) is 10.1. The number of nitroso groups, excluding NO2 is 1. The number of hydrogen-bond acceptors (Lipinski definition) is 7. The SMILES string of the molecule is NC(=O)c1cccc(Nc2nc(Nc3cccc(C(N)=O)c3)c(N=O)c[nH+]2)c1. The average molecular weight is 378 g/mol. The number of aromatic amines is 1. The molecule has 0 saturated heterocycles. The summed E-state index contributed by atoms with van der Waals surface area (Å²) < 4.78 is 0. The third-order valence-electron chi connectivity index (χ3n) is 3.73. The molecule has 1 aromatic heterocycles. The van der Waals surface area contributed by atoms with E-state index < -0.39 is 11.8 Å². The molecule has 2 amide bonds. The predicted octanol–water partition coefficient (Wildman–Crippen LogP) is 1.98. The number of benzene rings is 2. The molecular weight excluding hydrogens is 362 g/mol. The number of nitrogens with zero attached hydrogens (tertiary/aromatic N) is 2. The monoisotopic (exact) mass is 378 g/mol. The van der Waals surface area contributed by atoms with Crippen LogP contribution in [-0.2, 0) is 0 Å². The van der Waals surface area contributed by atoms with Crippen molar-refractivity contribution in [3.63, 3.8) is 0 Å². The molecule has 7 N–H and O–H groups in total. The fraction of sp³-hybridized carbons (Fsp3) is 0.